The highest BCUT2D eigenvalue weighted by Gasteiger charge is 2.32. The number of aromatic amines is 1. The fraction of sp³-hybridized carbons (Fsp3) is 0.667. The van der Waals surface area contributed by atoms with E-state index < -0.39 is 47.7 Å². The summed E-state index contributed by atoms with van der Waals surface area (Å²) in [6.07, 6.45) is 9.98. The lowest BCUT2D eigenvalue weighted by molar-refractivity contribution is -0.131. The summed E-state index contributed by atoms with van der Waals surface area (Å²) < 4.78 is 5.45. The Bertz CT molecular complexity index is 1190. The van der Waals surface area contributed by atoms with Crippen LogP contribution in [0.3, 0.4) is 0 Å². The Morgan fingerprint density at radius 2 is 1.60 bits per heavy atom. The number of hydrogen-bond acceptors (Lipinski definition) is 7. The number of carbonyl (C=O) groups excluding carboxylic acids is 3. The van der Waals surface area contributed by atoms with Gasteiger partial charge in [-0.3, -0.25) is 9.59 Å². The summed E-state index contributed by atoms with van der Waals surface area (Å²) >= 11 is 0. The van der Waals surface area contributed by atoms with Gasteiger partial charge in [-0.15, -0.1) is 0 Å². The minimum absolute atomic E-state index is 0.158. The van der Waals surface area contributed by atoms with Gasteiger partial charge in [-0.25, -0.2) is 9.78 Å². The van der Waals surface area contributed by atoms with Crippen LogP contribution in [0.4, 0.5) is 4.79 Å². The van der Waals surface area contributed by atoms with Gasteiger partial charge in [0, 0.05) is 24.7 Å². The Balaban J connectivity index is 1.77. The summed E-state index contributed by atoms with van der Waals surface area (Å²) in [5.74, 6) is 0.111. The molecule has 0 bridgehead atoms. The zero-order valence-corrected chi connectivity index (χ0v) is 29.0. The Kier molecular flexibility index (Phi) is 15.7. The van der Waals surface area contributed by atoms with Crippen molar-refractivity contribution in [3.05, 3.63) is 54.1 Å². The van der Waals surface area contributed by atoms with Crippen molar-refractivity contribution in [2.24, 2.45) is 11.8 Å². The molecule has 1 aromatic heterocycles. The number of nitrogens with one attached hydrogen (secondary N) is 5. The van der Waals surface area contributed by atoms with Gasteiger partial charge in [0.2, 0.25) is 11.8 Å². The number of rotatable bonds is 18. The van der Waals surface area contributed by atoms with E-state index in [4.69, 9.17) is 4.74 Å². The number of ether oxygens (including phenoxy) is 1. The summed E-state index contributed by atoms with van der Waals surface area (Å²) in [5.41, 5.74) is 0.763. The van der Waals surface area contributed by atoms with Gasteiger partial charge in [0.15, 0.2) is 0 Å². The molecule has 1 saturated carbocycles. The Hall–Kier alpha value is -3.44. The third kappa shape index (κ3) is 14.9. The number of H-pyrrole nitrogens is 1. The van der Waals surface area contributed by atoms with E-state index in [-0.39, 0.29) is 12.8 Å². The van der Waals surface area contributed by atoms with Crippen LogP contribution in [0.1, 0.15) is 97.2 Å². The lowest BCUT2D eigenvalue weighted by atomic mass is 9.83. The molecule has 6 N–H and O–H groups in total. The molecule has 0 saturated heterocycles. The second-order valence-corrected chi connectivity index (χ2v) is 14.4. The Morgan fingerprint density at radius 1 is 0.936 bits per heavy atom. The average molecular weight is 655 g/mol. The van der Waals surface area contributed by atoms with Crippen LogP contribution in [-0.4, -0.2) is 75.9 Å². The fourth-order valence-corrected chi connectivity index (χ4v) is 5.95. The van der Waals surface area contributed by atoms with Gasteiger partial charge < -0.3 is 36.1 Å². The van der Waals surface area contributed by atoms with E-state index in [0.717, 1.165) is 44.2 Å². The Labute approximate surface area is 280 Å². The fourth-order valence-electron chi connectivity index (χ4n) is 5.95. The maximum atomic E-state index is 14.0. The monoisotopic (exact) mass is 654 g/mol. The molecule has 11 heteroatoms. The van der Waals surface area contributed by atoms with Gasteiger partial charge in [0.1, 0.15) is 17.7 Å². The van der Waals surface area contributed by atoms with Crippen LogP contribution in [0, 0.1) is 11.8 Å². The van der Waals surface area contributed by atoms with Crippen LogP contribution in [0.25, 0.3) is 0 Å². The van der Waals surface area contributed by atoms with E-state index in [2.05, 4.69) is 45.1 Å². The smallest absolute Gasteiger partial charge is 0.408 e. The van der Waals surface area contributed by atoms with Crippen LogP contribution in [0.15, 0.2) is 42.9 Å². The number of nitrogens with zero attached hydrogens (tertiary/aromatic N) is 1. The number of imidazole rings is 1. The predicted molar refractivity (Wildman–Crippen MR) is 184 cm³/mol. The van der Waals surface area contributed by atoms with Crippen LogP contribution in [-0.2, 0) is 27.2 Å². The lowest BCUT2D eigenvalue weighted by Gasteiger charge is -2.32. The molecule has 4 atom stereocenters. The first-order valence-electron chi connectivity index (χ1n) is 17.4. The number of aliphatic hydroxyl groups is 1. The topological polar surface area (TPSA) is 157 Å². The van der Waals surface area contributed by atoms with Crippen molar-refractivity contribution in [1.82, 2.24) is 31.2 Å². The van der Waals surface area contributed by atoms with Crippen molar-refractivity contribution in [3.63, 3.8) is 0 Å². The van der Waals surface area contributed by atoms with Gasteiger partial charge in [0.25, 0.3) is 0 Å². The molecule has 11 nitrogen and oxygen atoms in total. The number of benzene rings is 1. The van der Waals surface area contributed by atoms with Gasteiger partial charge >= 0.3 is 6.09 Å². The lowest BCUT2D eigenvalue weighted by Crippen LogP contribution is -2.57. The van der Waals surface area contributed by atoms with Crippen LogP contribution >= 0.6 is 0 Å². The third-order valence-electron chi connectivity index (χ3n) is 8.52. The first-order valence-corrected chi connectivity index (χ1v) is 17.4. The molecule has 262 valence electrons. The summed E-state index contributed by atoms with van der Waals surface area (Å²) in [6, 6.07) is 6.93. The van der Waals surface area contributed by atoms with Crippen molar-refractivity contribution >= 4 is 17.9 Å². The SMILES string of the molecule is CC(C)CCNCC[C@H](O)[C@H](CC1CCCCC1)NC(=O)[C@H](Cc1cnc[nH]1)NC(=O)[C@H](Cc1ccccc1)NC(=O)OC(C)(C)C. The van der Waals surface area contributed by atoms with E-state index in [1.165, 1.54) is 12.7 Å². The zero-order chi connectivity index (χ0) is 34.2. The highest BCUT2D eigenvalue weighted by Crippen LogP contribution is 2.28. The number of hydrogen-bond donors (Lipinski definition) is 6. The molecule has 1 heterocycles. The van der Waals surface area contributed by atoms with E-state index in [1.807, 2.05) is 30.3 Å². The highest BCUT2D eigenvalue weighted by atomic mass is 16.6. The van der Waals surface area contributed by atoms with Crippen molar-refractivity contribution in [1.29, 1.82) is 0 Å². The molecule has 3 amide bonds. The van der Waals surface area contributed by atoms with Gasteiger partial charge in [-0.2, -0.15) is 0 Å². The molecular formula is C36H58N6O5. The maximum Gasteiger partial charge on any atom is 0.408 e. The second kappa shape index (κ2) is 19.4. The van der Waals surface area contributed by atoms with Crippen molar-refractivity contribution < 1.29 is 24.2 Å². The minimum Gasteiger partial charge on any atom is -0.444 e. The minimum atomic E-state index is -0.996. The average Bonchev–Trinajstić information content (AvgIpc) is 3.53. The largest absolute Gasteiger partial charge is 0.444 e. The first kappa shape index (κ1) is 38.0. The van der Waals surface area contributed by atoms with E-state index in [9.17, 15) is 19.5 Å². The predicted octanol–water partition coefficient (Wildman–Crippen LogP) is 4.41. The number of carbonyl (C=O) groups is 3. The van der Waals surface area contributed by atoms with Crippen molar-refractivity contribution in [2.45, 2.75) is 129 Å². The molecule has 2 aromatic rings. The molecule has 1 aromatic carbocycles. The molecule has 47 heavy (non-hydrogen) atoms. The molecule has 0 unspecified atom stereocenters. The van der Waals surface area contributed by atoms with Crippen LogP contribution < -0.4 is 21.3 Å². The van der Waals surface area contributed by atoms with E-state index in [1.54, 1.807) is 27.0 Å². The van der Waals surface area contributed by atoms with E-state index in [0.29, 0.717) is 36.9 Å². The summed E-state index contributed by atoms with van der Waals surface area (Å²) in [7, 11) is 0. The summed E-state index contributed by atoms with van der Waals surface area (Å²) in [4.78, 5) is 47.7. The first-order chi connectivity index (χ1) is 22.4. The molecule has 0 radical (unpaired) electrons. The van der Waals surface area contributed by atoms with Gasteiger partial charge in [0.05, 0.1) is 18.5 Å². The molecule has 1 fully saturated rings. The molecule has 3 rings (SSSR count). The summed E-state index contributed by atoms with van der Waals surface area (Å²) in [6.45, 7) is 11.2. The molecule has 1 aliphatic carbocycles. The quantitative estimate of drug-likeness (QED) is 0.130. The molecule has 0 spiro atoms. The highest BCUT2D eigenvalue weighted by molar-refractivity contribution is 5.91. The number of amides is 3. The Morgan fingerprint density at radius 3 is 2.23 bits per heavy atom. The van der Waals surface area contributed by atoms with Crippen LogP contribution in [0.2, 0.25) is 0 Å². The number of aromatic nitrogens is 2. The number of alkyl carbamates (subject to hydrolysis) is 1. The number of aliphatic hydroxyl groups excluding tert-OH is 1. The third-order valence-corrected chi connectivity index (χ3v) is 8.52. The summed E-state index contributed by atoms with van der Waals surface area (Å²) in [5, 5.41) is 23.5. The van der Waals surface area contributed by atoms with Crippen molar-refractivity contribution in [3.8, 4) is 0 Å². The second-order valence-electron chi connectivity index (χ2n) is 14.4. The van der Waals surface area contributed by atoms with Crippen LogP contribution in [0.5, 0.6) is 0 Å². The molecule has 0 aliphatic heterocycles. The molecular weight excluding hydrogens is 596 g/mol. The molecule has 1 aliphatic rings. The van der Waals surface area contributed by atoms with Gasteiger partial charge in [-0.1, -0.05) is 76.3 Å². The van der Waals surface area contributed by atoms with Crippen molar-refractivity contribution in [2.75, 3.05) is 13.1 Å². The standard InChI is InChI=1S/C36H58N6O5/c1-25(2)16-18-37-19-17-32(43)29(20-26-12-8-6-9-13-26)40-34(45)31(22-28-23-38-24-39-28)41-33(44)30(21-27-14-10-7-11-15-27)42-35(46)47-36(3,4)5/h7,10-11,14-15,23-26,29-32,37,43H,6,8-9,12-13,16-22H2,1-5H3,(H,38,39)(H,40,45)(H,41,44)(H,42,46)/t29-,30-,31-,32-/m0/s1. The zero-order valence-electron chi connectivity index (χ0n) is 29.0. The van der Waals surface area contributed by atoms with Gasteiger partial charge in [-0.05, 0) is 70.5 Å². The normalized spacial score (nSPS) is 16.6. The maximum absolute atomic E-state index is 14.0. The van der Waals surface area contributed by atoms with E-state index >= 15 is 0 Å².